The first-order valence-corrected chi connectivity index (χ1v) is 10.1. The van der Waals surface area contributed by atoms with Crippen LogP contribution in [-0.4, -0.2) is 33.7 Å². The maximum Gasteiger partial charge on any atom is 0.278 e. The third-order valence-electron chi connectivity index (χ3n) is 5.02. The number of benzene rings is 2. The van der Waals surface area contributed by atoms with Crippen molar-refractivity contribution in [1.82, 2.24) is 9.88 Å². The van der Waals surface area contributed by atoms with E-state index >= 15 is 0 Å². The summed E-state index contributed by atoms with van der Waals surface area (Å²) in [5.41, 5.74) is 1.39. The lowest BCUT2D eigenvalue weighted by Crippen LogP contribution is -2.32. The highest BCUT2D eigenvalue weighted by atomic mass is 35.5. The van der Waals surface area contributed by atoms with Gasteiger partial charge in [0.25, 0.3) is 17.5 Å². The summed E-state index contributed by atoms with van der Waals surface area (Å²) in [7, 11) is 1.47. The van der Waals surface area contributed by atoms with E-state index in [0.717, 1.165) is 4.90 Å². The second kappa shape index (κ2) is 9.09. The first-order chi connectivity index (χ1) is 15.9. The number of hydrogen-bond acceptors (Lipinski definition) is 7. The highest BCUT2D eigenvalue weighted by Gasteiger charge is 2.39. The fourth-order valence-electron chi connectivity index (χ4n) is 3.44. The Hall–Kier alpha value is -4.24. The van der Waals surface area contributed by atoms with Crippen LogP contribution in [0.2, 0.25) is 5.02 Å². The molecular weight excluding hydrogens is 448 g/mol. The molecule has 9 nitrogen and oxygen atoms in total. The van der Waals surface area contributed by atoms with Gasteiger partial charge in [-0.3, -0.25) is 29.6 Å². The topological polar surface area (TPSA) is 115 Å². The minimum absolute atomic E-state index is 0.0123. The molecule has 1 aliphatic rings. The zero-order chi connectivity index (χ0) is 23.5. The predicted octanol–water partition coefficient (Wildman–Crippen LogP) is 4.04. The molecule has 2 amide bonds. The number of ether oxygens (including phenoxy) is 1. The summed E-state index contributed by atoms with van der Waals surface area (Å²) in [6.07, 6.45) is 3.16. The molecule has 0 aliphatic carbocycles. The molecule has 0 fully saturated rings. The first kappa shape index (κ1) is 22.0. The summed E-state index contributed by atoms with van der Waals surface area (Å²) >= 11 is 6.12. The Kier molecular flexibility index (Phi) is 6.05. The van der Waals surface area contributed by atoms with Gasteiger partial charge in [0, 0.05) is 29.5 Å². The molecular formula is C23H17ClN4O5. The number of hydrogen-bond donors (Lipinski definition) is 1. The average Bonchev–Trinajstić information content (AvgIpc) is 3.04. The van der Waals surface area contributed by atoms with E-state index < -0.39 is 16.7 Å². The Labute approximate surface area is 193 Å². The molecule has 1 aliphatic heterocycles. The van der Waals surface area contributed by atoms with E-state index in [1.54, 1.807) is 42.7 Å². The molecule has 2 heterocycles. The summed E-state index contributed by atoms with van der Waals surface area (Å²) in [5, 5.41) is 14.4. The van der Waals surface area contributed by atoms with E-state index in [1.165, 1.54) is 31.4 Å². The molecule has 3 aromatic rings. The zero-order valence-electron chi connectivity index (χ0n) is 17.3. The second-order valence-corrected chi connectivity index (χ2v) is 7.52. The Balaban J connectivity index is 1.79. The summed E-state index contributed by atoms with van der Waals surface area (Å²) in [5.74, 6) is -0.679. The second-order valence-electron chi connectivity index (χ2n) is 7.08. The first-order valence-electron chi connectivity index (χ1n) is 9.74. The van der Waals surface area contributed by atoms with Crippen LogP contribution in [0.3, 0.4) is 0 Å². The summed E-state index contributed by atoms with van der Waals surface area (Å²) in [6, 6.07) is 13.7. The van der Waals surface area contributed by atoms with Crippen LogP contribution in [-0.2, 0) is 16.1 Å². The highest BCUT2D eigenvalue weighted by Crippen LogP contribution is 2.35. The SMILES string of the molecule is COc1ccc(Cl)cc1NC1=C(c2ccc([N+](=O)[O-])cc2)C(=O)N(Cc2cccnc2)C1=O. The van der Waals surface area contributed by atoms with Gasteiger partial charge in [-0.2, -0.15) is 0 Å². The minimum Gasteiger partial charge on any atom is -0.495 e. The number of carbonyl (C=O) groups excluding carboxylic acids is 2. The van der Waals surface area contributed by atoms with Crippen LogP contribution < -0.4 is 10.1 Å². The van der Waals surface area contributed by atoms with Gasteiger partial charge in [-0.15, -0.1) is 0 Å². The lowest BCUT2D eigenvalue weighted by molar-refractivity contribution is -0.384. The van der Waals surface area contributed by atoms with Crippen LogP contribution in [0.5, 0.6) is 5.75 Å². The summed E-state index contributed by atoms with van der Waals surface area (Å²) in [4.78, 5) is 42.3. The van der Waals surface area contributed by atoms with Crippen LogP contribution in [0.15, 0.2) is 72.7 Å². The molecule has 0 unspecified atom stereocenters. The maximum absolute atomic E-state index is 13.4. The number of rotatable bonds is 7. The number of imide groups is 1. The van der Waals surface area contributed by atoms with E-state index in [0.29, 0.717) is 27.6 Å². The number of nitro groups is 1. The van der Waals surface area contributed by atoms with E-state index in [9.17, 15) is 19.7 Å². The lowest BCUT2D eigenvalue weighted by Gasteiger charge is -2.16. The van der Waals surface area contributed by atoms with E-state index in [4.69, 9.17) is 16.3 Å². The number of nitro benzene ring substituents is 1. The Morgan fingerprint density at radius 3 is 2.52 bits per heavy atom. The Morgan fingerprint density at radius 2 is 1.88 bits per heavy atom. The number of anilines is 1. The number of halogens is 1. The molecule has 0 bridgehead atoms. The van der Waals surface area contributed by atoms with Gasteiger partial charge in [0.2, 0.25) is 0 Å². The minimum atomic E-state index is -0.556. The van der Waals surface area contributed by atoms with Gasteiger partial charge < -0.3 is 10.1 Å². The fraction of sp³-hybridized carbons (Fsp3) is 0.0870. The molecule has 166 valence electrons. The number of non-ortho nitro benzene ring substituents is 1. The number of aromatic nitrogens is 1. The van der Waals surface area contributed by atoms with Gasteiger partial charge in [-0.1, -0.05) is 17.7 Å². The largest absolute Gasteiger partial charge is 0.495 e. The molecule has 4 rings (SSSR count). The van der Waals surface area contributed by atoms with Crippen molar-refractivity contribution in [3.8, 4) is 5.75 Å². The van der Waals surface area contributed by atoms with Crippen LogP contribution in [0.1, 0.15) is 11.1 Å². The monoisotopic (exact) mass is 464 g/mol. The van der Waals surface area contributed by atoms with Crippen molar-refractivity contribution in [2.45, 2.75) is 6.54 Å². The van der Waals surface area contributed by atoms with Gasteiger partial charge in [-0.25, -0.2) is 0 Å². The lowest BCUT2D eigenvalue weighted by atomic mass is 10.0. The van der Waals surface area contributed by atoms with Crippen molar-refractivity contribution >= 4 is 40.4 Å². The van der Waals surface area contributed by atoms with Crippen molar-refractivity contribution in [3.05, 3.63) is 99.0 Å². The van der Waals surface area contributed by atoms with Gasteiger partial charge >= 0.3 is 0 Å². The Bertz CT molecular complexity index is 1280. The fourth-order valence-corrected chi connectivity index (χ4v) is 3.61. The average molecular weight is 465 g/mol. The molecule has 1 N–H and O–H groups in total. The van der Waals surface area contributed by atoms with Gasteiger partial charge in [-0.05, 0) is 47.5 Å². The molecule has 0 radical (unpaired) electrons. The number of pyridine rings is 1. The van der Waals surface area contributed by atoms with Crippen LogP contribution in [0, 0.1) is 10.1 Å². The normalized spacial score (nSPS) is 13.5. The van der Waals surface area contributed by atoms with E-state index in [2.05, 4.69) is 10.3 Å². The van der Waals surface area contributed by atoms with Crippen molar-refractivity contribution in [3.63, 3.8) is 0 Å². The quantitative estimate of drug-likeness (QED) is 0.318. The molecule has 10 heteroatoms. The number of methoxy groups -OCH3 is 1. The zero-order valence-corrected chi connectivity index (χ0v) is 18.1. The number of amides is 2. The Morgan fingerprint density at radius 1 is 1.12 bits per heavy atom. The molecule has 0 saturated heterocycles. The number of nitrogens with one attached hydrogen (secondary N) is 1. The van der Waals surface area contributed by atoms with Crippen LogP contribution in [0.25, 0.3) is 5.57 Å². The standard InChI is InChI=1S/C23H17ClN4O5/c1-33-19-9-6-16(24)11-18(19)26-21-20(15-4-7-17(8-5-15)28(31)32)22(29)27(23(21)30)13-14-3-2-10-25-12-14/h2-12,26H,13H2,1H3. The van der Waals surface area contributed by atoms with Gasteiger partial charge in [0.15, 0.2) is 0 Å². The van der Waals surface area contributed by atoms with Gasteiger partial charge in [0.1, 0.15) is 11.4 Å². The molecule has 1 aromatic heterocycles. The van der Waals surface area contributed by atoms with E-state index in [1.807, 2.05) is 0 Å². The third-order valence-corrected chi connectivity index (χ3v) is 5.25. The highest BCUT2D eigenvalue weighted by molar-refractivity contribution is 6.36. The molecule has 0 atom stereocenters. The number of nitrogens with zero attached hydrogens (tertiary/aromatic N) is 3. The van der Waals surface area contributed by atoms with Crippen molar-refractivity contribution < 1.29 is 19.2 Å². The molecule has 0 saturated carbocycles. The third kappa shape index (κ3) is 4.39. The van der Waals surface area contributed by atoms with Crippen molar-refractivity contribution in [1.29, 1.82) is 0 Å². The van der Waals surface area contributed by atoms with Crippen molar-refractivity contribution in [2.24, 2.45) is 0 Å². The predicted molar refractivity (Wildman–Crippen MR) is 121 cm³/mol. The summed E-state index contributed by atoms with van der Waals surface area (Å²) in [6.45, 7) is 0.0137. The van der Waals surface area contributed by atoms with Gasteiger partial charge in [0.05, 0.1) is 29.8 Å². The smallest absolute Gasteiger partial charge is 0.278 e. The van der Waals surface area contributed by atoms with E-state index in [-0.39, 0.29) is 23.5 Å². The molecule has 33 heavy (non-hydrogen) atoms. The van der Waals surface area contributed by atoms with Crippen molar-refractivity contribution in [2.75, 3.05) is 12.4 Å². The van der Waals surface area contributed by atoms with Crippen LogP contribution in [0.4, 0.5) is 11.4 Å². The maximum atomic E-state index is 13.4. The van der Waals surface area contributed by atoms with Crippen LogP contribution >= 0.6 is 11.6 Å². The number of carbonyl (C=O) groups is 2. The molecule has 2 aromatic carbocycles. The molecule has 0 spiro atoms. The summed E-state index contributed by atoms with van der Waals surface area (Å²) < 4.78 is 5.34.